The van der Waals surface area contributed by atoms with E-state index in [0.717, 1.165) is 6.07 Å². The zero-order valence-corrected chi connectivity index (χ0v) is 22.7. The Kier molecular flexibility index (Phi) is 7.77. The number of nitriles is 1. The van der Waals surface area contributed by atoms with Crippen molar-refractivity contribution in [2.45, 2.75) is 50.6 Å². The van der Waals surface area contributed by atoms with E-state index in [1.807, 2.05) is 20.8 Å². The van der Waals surface area contributed by atoms with Crippen molar-refractivity contribution in [3.8, 4) is 6.07 Å². The first-order valence-corrected chi connectivity index (χ1v) is 12.7. The molecule has 3 aromatic rings. The van der Waals surface area contributed by atoms with E-state index in [9.17, 15) is 14.9 Å². The third kappa shape index (κ3) is 5.37. The van der Waals surface area contributed by atoms with Crippen LogP contribution in [0, 0.1) is 28.4 Å². The van der Waals surface area contributed by atoms with Gasteiger partial charge in [0.05, 0.1) is 17.1 Å². The van der Waals surface area contributed by atoms with Crippen molar-refractivity contribution in [2.75, 3.05) is 5.32 Å². The van der Waals surface area contributed by atoms with Crippen molar-refractivity contribution in [3.05, 3.63) is 87.1 Å². The number of hydrogen-bond donors (Lipinski definition) is 3. The predicted octanol–water partition coefficient (Wildman–Crippen LogP) is 6.52. The van der Waals surface area contributed by atoms with Crippen molar-refractivity contribution in [2.24, 2.45) is 5.41 Å². The molecule has 2 aromatic carbocycles. The molecule has 0 aliphatic carbocycles. The molecule has 11 heteroatoms. The molecular formula is C28H25Cl2F2N3O4. The molecule has 1 fully saturated rings. The number of carbonyl (C=O) groups excluding carboxylic acids is 1. The summed E-state index contributed by atoms with van der Waals surface area (Å²) in [5.41, 5.74) is -2.30. The van der Waals surface area contributed by atoms with Crippen LogP contribution in [0.1, 0.15) is 54.8 Å². The van der Waals surface area contributed by atoms with E-state index in [1.54, 1.807) is 0 Å². The van der Waals surface area contributed by atoms with Crippen LogP contribution in [0.25, 0.3) is 0 Å². The first-order valence-electron chi connectivity index (χ1n) is 12.0. The van der Waals surface area contributed by atoms with Gasteiger partial charge in [0.15, 0.2) is 0 Å². The SMILES string of the molecule is CC(C)(C)CC1N[C@@H](C(=O)Nc2ccc(C(=O)O)o2)[C@H](c2cccc(Cl)c2F)[C@@]1(C#N)c1ccc(Cl)cc1F. The molecule has 1 saturated heterocycles. The third-order valence-electron chi connectivity index (χ3n) is 6.79. The number of benzene rings is 2. The molecule has 204 valence electrons. The molecule has 0 saturated carbocycles. The number of carboxylic acids is 1. The Hall–Kier alpha value is -3.45. The van der Waals surface area contributed by atoms with Crippen LogP contribution in [0.5, 0.6) is 0 Å². The summed E-state index contributed by atoms with van der Waals surface area (Å²) in [6.45, 7) is 5.77. The molecule has 1 unspecified atom stereocenters. The normalized spacial score (nSPS) is 22.9. The van der Waals surface area contributed by atoms with Gasteiger partial charge in [-0.25, -0.2) is 13.6 Å². The topological polar surface area (TPSA) is 115 Å². The number of carboxylic acid groups (broad SMARTS) is 1. The molecule has 4 rings (SSSR count). The van der Waals surface area contributed by atoms with Gasteiger partial charge in [0.2, 0.25) is 17.6 Å². The molecule has 2 heterocycles. The molecule has 4 atom stereocenters. The van der Waals surface area contributed by atoms with Crippen LogP contribution >= 0.6 is 23.2 Å². The lowest BCUT2D eigenvalue weighted by Gasteiger charge is -2.37. The number of anilines is 1. The van der Waals surface area contributed by atoms with E-state index < -0.39 is 58.1 Å². The summed E-state index contributed by atoms with van der Waals surface area (Å²) >= 11 is 12.1. The number of nitrogens with one attached hydrogen (secondary N) is 2. The van der Waals surface area contributed by atoms with Gasteiger partial charge in [-0.05, 0) is 41.7 Å². The zero-order valence-electron chi connectivity index (χ0n) is 21.2. The number of rotatable bonds is 6. The highest BCUT2D eigenvalue weighted by atomic mass is 35.5. The Labute approximate surface area is 233 Å². The summed E-state index contributed by atoms with van der Waals surface area (Å²) in [5.74, 6) is -5.53. The van der Waals surface area contributed by atoms with E-state index in [2.05, 4.69) is 16.7 Å². The number of amides is 1. The molecule has 3 N–H and O–H groups in total. The first-order chi connectivity index (χ1) is 18.3. The highest BCUT2D eigenvalue weighted by Gasteiger charge is 2.61. The second-order valence-electron chi connectivity index (χ2n) is 10.6. The van der Waals surface area contributed by atoms with Crippen LogP contribution in [-0.2, 0) is 10.2 Å². The maximum absolute atomic E-state index is 15.6. The van der Waals surface area contributed by atoms with Gasteiger partial charge < -0.3 is 14.8 Å². The van der Waals surface area contributed by atoms with E-state index in [1.165, 1.54) is 42.5 Å². The molecule has 1 aliphatic heterocycles. The smallest absolute Gasteiger partial charge is 0.371 e. The van der Waals surface area contributed by atoms with Gasteiger partial charge in [-0.1, -0.05) is 62.2 Å². The van der Waals surface area contributed by atoms with Gasteiger partial charge >= 0.3 is 5.97 Å². The van der Waals surface area contributed by atoms with Crippen molar-refractivity contribution >= 4 is 41.0 Å². The van der Waals surface area contributed by atoms with Gasteiger partial charge in [0, 0.05) is 28.6 Å². The summed E-state index contributed by atoms with van der Waals surface area (Å²) < 4.78 is 36.4. The third-order valence-corrected chi connectivity index (χ3v) is 7.32. The van der Waals surface area contributed by atoms with E-state index in [4.69, 9.17) is 32.7 Å². The van der Waals surface area contributed by atoms with E-state index >= 15 is 8.78 Å². The highest BCUT2D eigenvalue weighted by Crippen LogP contribution is 2.52. The van der Waals surface area contributed by atoms with Gasteiger partial charge in [-0.2, -0.15) is 5.26 Å². The second-order valence-corrected chi connectivity index (χ2v) is 11.5. The summed E-state index contributed by atoms with van der Waals surface area (Å²) in [5, 5.41) is 25.5. The highest BCUT2D eigenvalue weighted by molar-refractivity contribution is 6.31. The van der Waals surface area contributed by atoms with Crippen LogP contribution in [0.3, 0.4) is 0 Å². The van der Waals surface area contributed by atoms with Crippen LogP contribution in [0.4, 0.5) is 14.7 Å². The molecule has 39 heavy (non-hydrogen) atoms. The minimum absolute atomic E-state index is 0.0537. The van der Waals surface area contributed by atoms with E-state index in [-0.39, 0.29) is 27.1 Å². The molecule has 0 bridgehead atoms. The Morgan fingerprint density at radius 2 is 1.90 bits per heavy atom. The summed E-state index contributed by atoms with van der Waals surface area (Å²) in [6.07, 6.45) is 0.301. The van der Waals surface area contributed by atoms with Crippen LogP contribution in [-0.4, -0.2) is 29.1 Å². The van der Waals surface area contributed by atoms with E-state index in [0.29, 0.717) is 6.42 Å². The molecule has 1 aromatic heterocycles. The standard InChI is InChI=1S/C28H25Cl2F2N3O4/c1-27(2,3)12-20-28(13-33,16-8-7-14(29)11-18(16)31)22(15-5-4-6-17(30)23(15)32)24(34-20)25(36)35-21-10-9-19(39-21)26(37)38/h4-11,20,22,24,34H,12H2,1-3H3,(H,35,36)(H,37,38)/t20?,22-,24+,28-/m0/s1. The molecule has 1 aliphatic rings. The average Bonchev–Trinajstić information content (AvgIpc) is 3.43. The monoisotopic (exact) mass is 575 g/mol. The largest absolute Gasteiger partial charge is 0.475 e. The minimum Gasteiger partial charge on any atom is -0.475 e. The molecule has 0 radical (unpaired) electrons. The number of hydrogen-bond acceptors (Lipinski definition) is 5. The molecule has 0 spiro atoms. The number of carbonyl (C=O) groups is 2. The Morgan fingerprint density at radius 3 is 2.49 bits per heavy atom. The molecular weight excluding hydrogens is 551 g/mol. The molecule has 1 amide bonds. The maximum Gasteiger partial charge on any atom is 0.371 e. The van der Waals surface area contributed by atoms with Crippen molar-refractivity contribution in [1.29, 1.82) is 5.26 Å². The Balaban J connectivity index is 1.94. The minimum atomic E-state index is -1.79. The van der Waals surface area contributed by atoms with Gasteiger partial charge in [0.25, 0.3) is 0 Å². The Morgan fingerprint density at radius 1 is 1.18 bits per heavy atom. The fraction of sp³-hybridized carbons (Fsp3) is 0.321. The Bertz CT molecular complexity index is 1480. The zero-order chi connectivity index (χ0) is 28.7. The second kappa shape index (κ2) is 10.6. The lowest BCUT2D eigenvalue weighted by atomic mass is 9.62. The number of furan rings is 1. The van der Waals surface area contributed by atoms with Crippen LogP contribution < -0.4 is 10.6 Å². The quantitative estimate of drug-likeness (QED) is 0.308. The number of halogens is 4. The average molecular weight is 576 g/mol. The fourth-order valence-corrected chi connectivity index (χ4v) is 5.62. The van der Waals surface area contributed by atoms with Gasteiger partial charge in [-0.3, -0.25) is 10.1 Å². The van der Waals surface area contributed by atoms with Crippen LogP contribution in [0.15, 0.2) is 52.9 Å². The predicted molar refractivity (Wildman–Crippen MR) is 142 cm³/mol. The van der Waals surface area contributed by atoms with Gasteiger partial charge in [-0.15, -0.1) is 0 Å². The maximum atomic E-state index is 15.6. The number of nitrogens with zero attached hydrogens (tertiary/aromatic N) is 1. The lowest BCUT2D eigenvalue weighted by molar-refractivity contribution is -0.118. The summed E-state index contributed by atoms with van der Waals surface area (Å²) in [6, 6.07) is 10.7. The molecule has 7 nitrogen and oxygen atoms in total. The first kappa shape index (κ1) is 28.6. The van der Waals surface area contributed by atoms with Crippen molar-refractivity contribution in [3.63, 3.8) is 0 Å². The summed E-state index contributed by atoms with van der Waals surface area (Å²) in [4.78, 5) is 24.9. The van der Waals surface area contributed by atoms with Crippen LogP contribution in [0.2, 0.25) is 10.0 Å². The van der Waals surface area contributed by atoms with Gasteiger partial charge in [0.1, 0.15) is 17.0 Å². The summed E-state index contributed by atoms with van der Waals surface area (Å²) in [7, 11) is 0. The number of aromatic carboxylic acids is 1. The fourth-order valence-electron chi connectivity index (χ4n) is 5.28. The van der Waals surface area contributed by atoms with Crippen molar-refractivity contribution in [1.82, 2.24) is 5.32 Å². The van der Waals surface area contributed by atoms with Crippen molar-refractivity contribution < 1.29 is 27.9 Å². The lowest BCUT2D eigenvalue weighted by Crippen LogP contribution is -2.44.